The highest BCUT2D eigenvalue weighted by molar-refractivity contribution is 9.10. The minimum Gasteiger partial charge on any atom is -0.478 e. The van der Waals surface area contributed by atoms with Gasteiger partial charge in [-0.25, -0.2) is 68.8 Å². The van der Waals surface area contributed by atoms with Crippen LogP contribution in [0.5, 0.6) is 23.5 Å². The zero-order valence-electron chi connectivity index (χ0n) is 67.4. The smallest absolute Gasteiger partial charge is 0.407 e. The van der Waals surface area contributed by atoms with Gasteiger partial charge in [0.2, 0.25) is 47.1 Å². The number of amides is 1. The van der Waals surface area contributed by atoms with Crippen LogP contribution >= 0.6 is 31.9 Å². The Morgan fingerprint density at radius 1 is 0.457 bits per heavy atom. The number of aromatic nitrogens is 9. The summed E-state index contributed by atoms with van der Waals surface area (Å²) < 4.78 is 71.0. The van der Waals surface area contributed by atoms with E-state index in [4.69, 9.17) is 68.5 Å². The number of hydrogen-bond acceptors (Lipinski definition) is 28. The van der Waals surface area contributed by atoms with Crippen molar-refractivity contribution in [3.05, 3.63) is 161 Å². The fourth-order valence-corrected chi connectivity index (χ4v) is 9.97. The second-order valence-corrected chi connectivity index (χ2v) is 27.8. The summed E-state index contributed by atoms with van der Waals surface area (Å²) in [4.78, 5) is 90.8. The molecule has 0 bridgehead atoms. The lowest BCUT2D eigenvalue weighted by atomic mass is 10.2. The van der Waals surface area contributed by atoms with Crippen molar-refractivity contribution in [3.8, 4) is 57.9 Å². The largest absolute Gasteiger partial charge is 0.478 e. The molecule has 9 aromatic heterocycles. The number of carboxylic acids is 2. The summed E-state index contributed by atoms with van der Waals surface area (Å²) >= 11 is 6.46. The molecule has 0 saturated carbocycles. The van der Waals surface area contributed by atoms with E-state index >= 15 is 0 Å². The minimum atomic E-state index is -1.13. The number of oxazole rings is 4. The molecule has 636 valence electrons. The average Bonchev–Trinajstić information content (AvgIpc) is 1.70. The molecule has 9 aromatic rings. The molecule has 0 radical (unpaired) electrons. The summed E-state index contributed by atoms with van der Waals surface area (Å²) in [6, 6.07) is 17.0. The quantitative estimate of drug-likeness (QED) is 0.00894. The SMILES string of the molecule is CC(C)(C)OC(=O)NCCCCCCOc1cc(Br)ccn1.CCCCCCCOc1cc(-c2nc(C(=O)O)co2)ccn1.CCCCCCCOc1cc(-c2nc(C(=O)OCC)co2)ccn1.CCOC(=O)c1cocn1.Fc1cc(Br)ccn1.NCCCCCCO.NCCCCCCOc1cc(-c2nc(C(=O)O)co2)ccn1. The number of carboxylic acid groups (broad SMARTS) is 2. The second kappa shape index (κ2) is 62.1. The molecule has 116 heavy (non-hydrogen) atoms. The molecule has 8 N–H and O–H groups in total. The Kier molecular flexibility index (Phi) is 53.5. The number of carbonyl (C=O) groups excluding carboxylic acids is 3. The molecule has 1 amide bonds. The fourth-order valence-electron chi connectivity index (χ4n) is 9.35. The molecular weight excluding hydrogens is 1640 g/mol. The van der Waals surface area contributed by atoms with Crippen LogP contribution < -0.4 is 35.7 Å². The monoisotopic (exact) mass is 1750 g/mol. The highest BCUT2D eigenvalue weighted by atomic mass is 79.9. The molecule has 0 unspecified atom stereocenters. The van der Waals surface area contributed by atoms with Gasteiger partial charge in [0.05, 0.1) is 39.6 Å². The van der Waals surface area contributed by atoms with Crippen LogP contribution in [0, 0.1) is 5.95 Å². The number of unbranched alkanes of at least 4 members (excludes halogenated alkanes) is 17. The van der Waals surface area contributed by atoms with Crippen LogP contribution in [0.25, 0.3) is 34.4 Å². The first-order chi connectivity index (χ1) is 56.1. The Balaban J connectivity index is 0.000000362. The summed E-state index contributed by atoms with van der Waals surface area (Å²) in [5.74, 6) is -0.714. The molecule has 0 spiro atoms. The molecule has 9 rings (SSSR count). The van der Waals surface area contributed by atoms with Gasteiger partial charge < -0.3 is 82.9 Å². The number of ether oxygens (including phenoxy) is 7. The predicted molar refractivity (Wildman–Crippen MR) is 440 cm³/mol. The van der Waals surface area contributed by atoms with Gasteiger partial charge in [-0.3, -0.25) is 0 Å². The summed E-state index contributed by atoms with van der Waals surface area (Å²) in [7, 11) is 0. The molecule has 9 heterocycles. The Morgan fingerprint density at radius 3 is 1.18 bits per heavy atom. The van der Waals surface area contributed by atoms with Gasteiger partial charge in [-0.05, 0) is 129 Å². The number of alkyl carbamates (subject to hydrolysis) is 1. The molecule has 0 aromatic carbocycles. The van der Waals surface area contributed by atoms with E-state index in [0.717, 1.165) is 133 Å². The molecular formula is C82H113Br2FN12O19. The molecule has 0 aliphatic rings. The zero-order valence-corrected chi connectivity index (χ0v) is 70.5. The van der Waals surface area contributed by atoms with Gasteiger partial charge in [-0.15, -0.1) is 0 Å². The van der Waals surface area contributed by atoms with Gasteiger partial charge in [0.15, 0.2) is 29.2 Å². The minimum absolute atomic E-state index is 0.120. The highest BCUT2D eigenvalue weighted by Crippen LogP contribution is 2.26. The fraction of sp³-hybridized carbons (Fsp3) is 0.488. The van der Waals surface area contributed by atoms with Gasteiger partial charge >= 0.3 is 30.0 Å². The number of aliphatic hydroxyl groups is 1. The van der Waals surface area contributed by atoms with E-state index in [1.807, 2.05) is 32.9 Å². The lowest BCUT2D eigenvalue weighted by molar-refractivity contribution is 0.0510. The maximum absolute atomic E-state index is 12.0. The van der Waals surface area contributed by atoms with E-state index in [-0.39, 0.29) is 40.7 Å². The molecule has 34 heteroatoms. The third-order valence-electron chi connectivity index (χ3n) is 15.1. The standard InChI is InChI=1S/C18H24N2O4.C16H25BrN2O3.C16H20N2O4.C15H19N3O4.C6H7NO3.C6H15NO.C5H3BrFN/c1-3-5-6-7-8-11-23-16-12-14(9-10-19-16)17-20-15(13-24-17)18(21)22-4-2;1-16(2,3)22-15(20)19-9-6-4-5-7-11-21-14-12-13(17)8-10-18-14;1-2-3-4-5-6-9-21-14-10-12(7-8-17-14)15-18-13(11-22-15)16(19)20;16-6-3-1-2-4-8-21-13-9-11(5-7-17-13)14-18-12(10-22-14)15(19)20;1-2-10-6(8)5-3-9-4-7-5;7-5-3-1-2-4-6-8;6-4-1-2-8-5(7)3-4/h9-10,12-13H,3-8,11H2,1-2H3;8,10,12H,4-7,9,11H2,1-3H3,(H,19,20);7-8,10-11H,2-6,9H2,1H3,(H,19,20);5,7,9-10H,1-4,6,8,16H2,(H,19,20);3-4H,2H2,1H3;8H,1-7H2;1-3H. The topological polar surface area (TPSA) is 443 Å². The van der Waals surface area contributed by atoms with Crippen LogP contribution in [0.2, 0.25) is 0 Å². The van der Waals surface area contributed by atoms with Crippen molar-refractivity contribution < 1.29 is 94.5 Å². The third-order valence-corrected chi connectivity index (χ3v) is 16.1. The van der Waals surface area contributed by atoms with Crippen LogP contribution in [-0.4, -0.2) is 162 Å². The van der Waals surface area contributed by atoms with Crippen molar-refractivity contribution in [3.63, 3.8) is 0 Å². The number of esters is 2. The number of aromatic carboxylic acids is 2. The molecule has 0 saturated heterocycles. The van der Waals surface area contributed by atoms with Crippen molar-refractivity contribution in [2.75, 3.05) is 65.9 Å². The maximum atomic E-state index is 12.0. The number of carbonyl (C=O) groups is 5. The van der Waals surface area contributed by atoms with Crippen LogP contribution in [0.3, 0.4) is 0 Å². The number of halogens is 3. The first-order valence-electron chi connectivity index (χ1n) is 38.9. The number of nitrogens with zero attached hydrogens (tertiary/aromatic N) is 9. The summed E-state index contributed by atoms with van der Waals surface area (Å²) in [6.07, 6.45) is 37.7. The van der Waals surface area contributed by atoms with Crippen LogP contribution in [-0.2, 0) is 14.2 Å². The van der Waals surface area contributed by atoms with Crippen molar-refractivity contribution in [2.24, 2.45) is 11.5 Å². The Hall–Kier alpha value is -10.3. The van der Waals surface area contributed by atoms with Crippen LogP contribution in [0.15, 0.2) is 150 Å². The Morgan fingerprint density at radius 2 is 0.828 bits per heavy atom. The zero-order chi connectivity index (χ0) is 84.8. The lowest BCUT2D eigenvalue weighted by Crippen LogP contribution is -2.32. The summed E-state index contributed by atoms with van der Waals surface area (Å²) in [6.45, 7) is 19.0. The Bertz CT molecular complexity index is 3980. The van der Waals surface area contributed by atoms with E-state index in [1.165, 1.54) is 69.7 Å². The van der Waals surface area contributed by atoms with Crippen molar-refractivity contribution in [1.82, 2.24) is 50.2 Å². The summed E-state index contributed by atoms with van der Waals surface area (Å²) in [5.41, 5.74) is 12.3. The maximum Gasteiger partial charge on any atom is 0.407 e. The van der Waals surface area contributed by atoms with Crippen molar-refractivity contribution in [2.45, 2.75) is 195 Å². The number of nitrogens with two attached hydrogens (primary N) is 2. The molecule has 0 fully saturated rings. The Labute approximate surface area is 694 Å². The molecule has 31 nitrogen and oxygen atoms in total. The van der Waals surface area contributed by atoms with E-state index in [2.05, 4.69) is 105 Å². The van der Waals surface area contributed by atoms with Crippen molar-refractivity contribution in [1.29, 1.82) is 0 Å². The number of hydrogen-bond donors (Lipinski definition) is 6. The normalized spacial score (nSPS) is 10.4. The molecule has 0 atom stereocenters. The number of rotatable bonds is 43. The highest BCUT2D eigenvalue weighted by Gasteiger charge is 2.19. The summed E-state index contributed by atoms with van der Waals surface area (Å²) in [5, 5.41) is 28.8. The van der Waals surface area contributed by atoms with Gasteiger partial charge in [-0.2, -0.15) is 4.39 Å². The van der Waals surface area contributed by atoms with Crippen molar-refractivity contribution >= 4 is 61.8 Å². The second-order valence-electron chi connectivity index (χ2n) is 26.0. The number of aliphatic hydroxyl groups excluding tert-OH is 1. The average molecular weight is 1750 g/mol. The molecule has 0 aliphatic carbocycles. The van der Waals surface area contributed by atoms with Gasteiger partial charge in [-0.1, -0.05) is 136 Å². The third kappa shape index (κ3) is 46.9. The number of pyridine rings is 5. The van der Waals surface area contributed by atoms with E-state index in [9.17, 15) is 28.4 Å². The molecule has 0 aliphatic heterocycles. The van der Waals surface area contributed by atoms with E-state index in [0.29, 0.717) is 103 Å². The van der Waals surface area contributed by atoms with E-state index in [1.54, 1.807) is 81.1 Å². The first-order valence-corrected chi connectivity index (χ1v) is 40.5. The van der Waals surface area contributed by atoms with Crippen LogP contribution in [0.1, 0.15) is 232 Å². The first kappa shape index (κ1) is 99.9. The lowest BCUT2D eigenvalue weighted by Gasteiger charge is -2.19. The van der Waals surface area contributed by atoms with Gasteiger partial charge in [0, 0.05) is 100 Å². The van der Waals surface area contributed by atoms with Gasteiger partial charge in [0.1, 0.15) is 30.7 Å². The number of nitrogens with one attached hydrogen (secondary N) is 1. The predicted octanol–water partition coefficient (Wildman–Crippen LogP) is 18.0. The van der Waals surface area contributed by atoms with E-state index < -0.39 is 35.4 Å². The van der Waals surface area contributed by atoms with Crippen LogP contribution in [0.4, 0.5) is 9.18 Å². The van der Waals surface area contributed by atoms with Gasteiger partial charge in [0.25, 0.3) is 0 Å².